The molecule has 18 heavy (non-hydrogen) atoms. The molecule has 0 aromatic heterocycles. The number of ether oxygens (including phenoxy) is 1. The molecule has 0 aliphatic rings. The van der Waals surface area contributed by atoms with Crippen LogP contribution in [-0.2, 0) is 9.53 Å². The topological polar surface area (TPSA) is 69.4 Å². The molecule has 0 fully saturated rings. The Hall–Kier alpha value is -2.43. The minimum atomic E-state index is -0.930. The molecule has 0 saturated carbocycles. The zero-order valence-corrected chi connectivity index (χ0v) is 9.91. The van der Waals surface area contributed by atoms with E-state index in [1.807, 2.05) is 30.3 Å². The summed E-state index contributed by atoms with van der Waals surface area (Å²) in [6.07, 6.45) is 4.25. The van der Waals surface area contributed by atoms with Gasteiger partial charge in [0.25, 0.3) is 0 Å². The quantitative estimate of drug-likeness (QED) is 0.263. The van der Waals surface area contributed by atoms with Crippen LogP contribution in [0.4, 0.5) is 0 Å². The van der Waals surface area contributed by atoms with Crippen LogP contribution in [0.1, 0.15) is 12.5 Å². The van der Waals surface area contributed by atoms with Crippen molar-refractivity contribution in [3.63, 3.8) is 0 Å². The second kappa shape index (κ2) is 7.01. The number of carbonyl (C=O) groups is 1. The van der Waals surface area contributed by atoms with Gasteiger partial charge in [0.1, 0.15) is 0 Å². The Morgan fingerprint density at radius 2 is 2.06 bits per heavy atom. The molecule has 1 aromatic carbocycles. The molecule has 0 radical (unpaired) electrons. The first-order valence-electron chi connectivity index (χ1n) is 5.40. The molecule has 0 heterocycles. The van der Waals surface area contributed by atoms with Crippen LogP contribution < -0.4 is 0 Å². The van der Waals surface area contributed by atoms with Gasteiger partial charge in [0.2, 0.25) is 0 Å². The summed E-state index contributed by atoms with van der Waals surface area (Å²) in [4.78, 5) is 21.2. The summed E-state index contributed by atoms with van der Waals surface area (Å²) in [5.41, 5.74) is 0.310. The van der Waals surface area contributed by atoms with Gasteiger partial charge in [-0.3, -0.25) is 10.1 Å². The molecule has 0 aliphatic carbocycles. The molecule has 0 aliphatic heterocycles. The van der Waals surface area contributed by atoms with Gasteiger partial charge < -0.3 is 4.74 Å². The molecule has 0 atom stereocenters. The maximum atomic E-state index is 11.3. The van der Waals surface area contributed by atoms with Gasteiger partial charge in [-0.1, -0.05) is 42.5 Å². The van der Waals surface area contributed by atoms with Crippen molar-refractivity contribution in [3.8, 4) is 0 Å². The van der Waals surface area contributed by atoms with E-state index in [1.165, 1.54) is 6.08 Å². The highest BCUT2D eigenvalue weighted by atomic mass is 16.6. The summed E-state index contributed by atoms with van der Waals surface area (Å²) in [7, 11) is 0. The minimum absolute atomic E-state index is 0.104. The summed E-state index contributed by atoms with van der Waals surface area (Å²) in [5.74, 6) is -0.930. The van der Waals surface area contributed by atoms with Gasteiger partial charge in [-0.15, -0.1) is 0 Å². The lowest BCUT2D eigenvalue weighted by molar-refractivity contribution is -0.421. The standard InChI is InChI=1S/C13H13NO4/c1-2-18-13(15)12(14(16)17)10-6-9-11-7-4-3-5-8-11/h3-10H,2H2,1H3. The highest BCUT2D eigenvalue weighted by molar-refractivity contribution is 5.86. The number of hydrogen-bond donors (Lipinski definition) is 0. The number of esters is 1. The fourth-order valence-electron chi connectivity index (χ4n) is 1.22. The smallest absolute Gasteiger partial charge is 0.409 e. The molecule has 0 amide bonds. The highest BCUT2D eigenvalue weighted by Gasteiger charge is 2.21. The summed E-state index contributed by atoms with van der Waals surface area (Å²) >= 11 is 0. The summed E-state index contributed by atoms with van der Waals surface area (Å²) < 4.78 is 4.59. The maximum Gasteiger partial charge on any atom is 0.409 e. The van der Waals surface area contributed by atoms with Gasteiger partial charge in [-0.05, 0) is 12.5 Å². The lowest BCUT2D eigenvalue weighted by Gasteiger charge is -1.97. The van der Waals surface area contributed by atoms with Crippen LogP contribution in [0, 0.1) is 10.1 Å². The molecular weight excluding hydrogens is 234 g/mol. The third-order valence-electron chi connectivity index (χ3n) is 2.02. The molecule has 0 spiro atoms. The molecule has 5 heteroatoms. The van der Waals surface area contributed by atoms with E-state index in [1.54, 1.807) is 13.0 Å². The number of carbonyl (C=O) groups excluding carboxylic acids is 1. The number of rotatable bonds is 5. The molecular formula is C13H13NO4. The van der Waals surface area contributed by atoms with Crippen molar-refractivity contribution in [2.45, 2.75) is 6.92 Å². The fourth-order valence-corrected chi connectivity index (χ4v) is 1.22. The van der Waals surface area contributed by atoms with E-state index in [4.69, 9.17) is 0 Å². The number of hydrogen-bond acceptors (Lipinski definition) is 4. The Bertz CT molecular complexity index is 477. The summed E-state index contributed by atoms with van der Waals surface area (Å²) in [5, 5.41) is 10.7. The van der Waals surface area contributed by atoms with Crippen molar-refractivity contribution < 1.29 is 14.5 Å². The zero-order chi connectivity index (χ0) is 13.4. The predicted octanol–water partition coefficient (Wildman–Crippen LogP) is 2.42. The van der Waals surface area contributed by atoms with Crippen LogP contribution in [0.15, 0.2) is 48.2 Å². The van der Waals surface area contributed by atoms with Crippen molar-refractivity contribution in [1.82, 2.24) is 0 Å². The van der Waals surface area contributed by atoms with Crippen molar-refractivity contribution in [1.29, 1.82) is 0 Å². The summed E-state index contributed by atoms with van der Waals surface area (Å²) in [6.45, 7) is 1.70. The van der Waals surface area contributed by atoms with Gasteiger partial charge in [-0.2, -0.15) is 0 Å². The van der Waals surface area contributed by atoms with Crippen molar-refractivity contribution >= 4 is 12.0 Å². The Morgan fingerprint density at radius 1 is 1.39 bits per heavy atom. The normalized spacial score (nSPS) is 11.5. The second-order valence-corrected chi connectivity index (χ2v) is 3.30. The van der Waals surface area contributed by atoms with Crippen LogP contribution in [0.5, 0.6) is 0 Å². The van der Waals surface area contributed by atoms with Crippen molar-refractivity contribution in [2.24, 2.45) is 0 Å². The number of nitro groups is 1. The average molecular weight is 247 g/mol. The van der Waals surface area contributed by atoms with Gasteiger partial charge in [0.05, 0.1) is 11.5 Å². The van der Waals surface area contributed by atoms with Crippen LogP contribution in [0.2, 0.25) is 0 Å². The SMILES string of the molecule is CCOC(=O)C(=CC=Cc1ccccc1)[N+](=O)[O-]. The average Bonchev–Trinajstić information content (AvgIpc) is 2.35. The molecule has 0 saturated heterocycles. The van der Waals surface area contributed by atoms with Crippen molar-refractivity contribution in [3.05, 3.63) is 63.9 Å². The van der Waals surface area contributed by atoms with E-state index >= 15 is 0 Å². The van der Waals surface area contributed by atoms with Gasteiger partial charge in [0.15, 0.2) is 0 Å². The van der Waals surface area contributed by atoms with Crippen LogP contribution in [0.3, 0.4) is 0 Å². The fraction of sp³-hybridized carbons (Fsp3) is 0.154. The minimum Gasteiger partial charge on any atom is -0.458 e. The number of benzene rings is 1. The van der Waals surface area contributed by atoms with Crippen LogP contribution in [0.25, 0.3) is 6.08 Å². The first-order chi connectivity index (χ1) is 8.65. The first kappa shape index (κ1) is 13.6. The van der Waals surface area contributed by atoms with Gasteiger partial charge >= 0.3 is 11.7 Å². The third-order valence-corrected chi connectivity index (χ3v) is 2.02. The Labute approximate surface area is 105 Å². The lowest BCUT2D eigenvalue weighted by Crippen LogP contribution is -2.14. The van der Waals surface area contributed by atoms with Gasteiger partial charge in [-0.25, -0.2) is 4.79 Å². The first-order valence-corrected chi connectivity index (χ1v) is 5.40. The number of allylic oxidation sites excluding steroid dienone is 2. The predicted molar refractivity (Wildman–Crippen MR) is 67.2 cm³/mol. The molecule has 0 N–H and O–H groups in total. The summed E-state index contributed by atoms with van der Waals surface area (Å²) in [6, 6.07) is 9.27. The molecule has 1 aromatic rings. The zero-order valence-electron chi connectivity index (χ0n) is 9.91. The highest BCUT2D eigenvalue weighted by Crippen LogP contribution is 2.04. The third kappa shape index (κ3) is 4.21. The van der Waals surface area contributed by atoms with Gasteiger partial charge in [0, 0.05) is 6.08 Å². The Balaban J connectivity index is 2.81. The van der Waals surface area contributed by atoms with E-state index < -0.39 is 16.6 Å². The molecule has 0 unspecified atom stereocenters. The largest absolute Gasteiger partial charge is 0.458 e. The van der Waals surface area contributed by atoms with E-state index in [0.717, 1.165) is 11.6 Å². The number of nitrogens with zero attached hydrogens (tertiary/aromatic N) is 1. The second-order valence-electron chi connectivity index (χ2n) is 3.30. The van der Waals surface area contributed by atoms with E-state index in [9.17, 15) is 14.9 Å². The van der Waals surface area contributed by atoms with Crippen molar-refractivity contribution in [2.75, 3.05) is 6.61 Å². The van der Waals surface area contributed by atoms with E-state index in [2.05, 4.69) is 4.74 Å². The molecule has 94 valence electrons. The Kier molecular flexibility index (Phi) is 5.31. The molecule has 5 nitrogen and oxygen atoms in total. The van der Waals surface area contributed by atoms with E-state index in [-0.39, 0.29) is 6.61 Å². The molecule has 0 bridgehead atoms. The molecule has 1 rings (SSSR count). The maximum absolute atomic E-state index is 11.3. The van der Waals surface area contributed by atoms with Crippen LogP contribution >= 0.6 is 0 Å². The Morgan fingerprint density at radius 3 is 2.61 bits per heavy atom. The monoisotopic (exact) mass is 247 g/mol. The van der Waals surface area contributed by atoms with Crippen LogP contribution in [-0.4, -0.2) is 17.5 Å². The lowest BCUT2D eigenvalue weighted by atomic mass is 10.2. The van der Waals surface area contributed by atoms with E-state index in [0.29, 0.717) is 0 Å².